The van der Waals surface area contributed by atoms with Gasteiger partial charge in [-0.2, -0.15) is 0 Å². The van der Waals surface area contributed by atoms with E-state index >= 15 is 0 Å². The monoisotopic (exact) mass is 302 g/mol. The van der Waals surface area contributed by atoms with E-state index in [0.29, 0.717) is 6.42 Å². The van der Waals surface area contributed by atoms with Gasteiger partial charge in [-0.15, -0.1) is 0 Å². The molecule has 0 spiro atoms. The number of carbonyl (C=O) groups is 1. The lowest BCUT2D eigenvalue weighted by atomic mass is 9.85. The summed E-state index contributed by atoms with van der Waals surface area (Å²) in [6, 6.07) is 0. The zero-order valence-corrected chi connectivity index (χ0v) is 13.2. The summed E-state index contributed by atoms with van der Waals surface area (Å²) in [6.07, 6.45) is 8.99. The molecule has 0 unspecified atom stereocenters. The van der Waals surface area contributed by atoms with Crippen LogP contribution in [0.15, 0.2) is 0 Å². The van der Waals surface area contributed by atoms with E-state index in [0.717, 1.165) is 18.8 Å². The quantitative estimate of drug-likeness (QED) is 0.733. The van der Waals surface area contributed by atoms with Gasteiger partial charge in [0, 0.05) is 0 Å². The maximum atomic E-state index is 11.9. The van der Waals surface area contributed by atoms with Crippen LogP contribution in [0.1, 0.15) is 58.3 Å². The lowest BCUT2D eigenvalue weighted by molar-refractivity contribution is -0.152. The highest BCUT2D eigenvalue weighted by Crippen LogP contribution is 2.28. The van der Waals surface area contributed by atoms with Gasteiger partial charge >= 0.3 is 5.97 Å². The number of carbonyl (C=O) groups excluding carboxylic acids is 1. The predicted octanol–water partition coefficient (Wildman–Crippen LogP) is 2.71. The Morgan fingerprint density at radius 2 is 1.90 bits per heavy atom. The van der Waals surface area contributed by atoms with Crippen molar-refractivity contribution in [1.82, 2.24) is 0 Å². The molecule has 1 saturated heterocycles. The predicted molar refractivity (Wildman–Crippen MR) is 78.1 cm³/mol. The number of ether oxygens (including phenoxy) is 1. The molecule has 2 fully saturated rings. The van der Waals surface area contributed by atoms with E-state index in [-0.39, 0.29) is 23.6 Å². The van der Waals surface area contributed by atoms with E-state index in [2.05, 4.69) is 0 Å². The average Bonchev–Trinajstić information content (AvgIpc) is 2.78. The summed E-state index contributed by atoms with van der Waals surface area (Å²) < 4.78 is 28.1. The van der Waals surface area contributed by atoms with Gasteiger partial charge in [0.15, 0.2) is 9.84 Å². The van der Waals surface area contributed by atoms with Crippen LogP contribution in [0, 0.1) is 11.8 Å². The van der Waals surface area contributed by atoms with Crippen molar-refractivity contribution < 1.29 is 17.9 Å². The van der Waals surface area contributed by atoms with Gasteiger partial charge in [-0.3, -0.25) is 4.79 Å². The van der Waals surface area contributed by atoms with Gasteiger partial charge in [-0.25, -0.2) is 8.42 Å². The number of esters is 1. The number of rotatable bonds is 5. The molecule has 2 atom stereocenters. The van der Waals surface area contributed by atoms with Crippen LogP contribution in [0.2, 0.25) is 0 Å². The number of sulfone groups is 1. The maximum Gasteiger partial charge on any atom is 0.310 e. The molecule has 0 N–H and O–H groups in total. The molecule has 4 nitrogen and oxygen atoms in total. The maximum absolute atomic E-state index is 11.9. The second-order valence-corrected chi connectivity index (χ2v) is 8.66. The van der Waals surface area contributed by atoms with E-state index in [1.54, 1.807) is 0 Å². The molecule has 2 aliphatic rings. The fourth-order valence-corrected chi connectivity index (χ4v) is 5.01. The van der Waals surface area contributed by atoms with E-state index < -0.39 is 15.8 Å². The van der Waals surface area contributed by atoms with Gasteiger partial charge in [0.2, 0.25) is 0 Å². The molecule has 0 aromatic carbocycles. The largest absolute Gasteiger partial charge is 0.462 e. The average molecular weight is 302 g/mol. The lowest BCUT2D eigenvalue weighted by Crippen LogP contribution is -2.24. The first-order valence-corrected chi connectivity index (χ1v) is 9.69. The molecule has 2 rings (SSSR count). The van der Waals surface area contributed by atoms with Gasteiger partial charge in [0.1, 0.15) is 0 Å². The van der Waals surface area contributed by atoms with Crippen molar-refractivity contribution in [3.63, 3.8) is 0 Å². The molecule has 0 aromatic rings. The highest BCUT2D eigenvalue weighted by molar-refractivity contribution is 7.91. The van der Waals surface area contributed by atoms with Gasteiger partial charge in [0.25, 0.3) is 0 Å². The Balaban J connectivity index is 1.68. The topological polar surface area (TPSA) is 60.4 Å². The van der Waals surface area contributed by atoms with Crippen LogP contribution in [0.25, 0.3) is 0 Å². The fraction of sp³-hybridized carbons (Fsp3) is 0.933. The molecule has 1 aliphatic heterocycles. The Hall–Kier alpha value is -0.580. The first kappa shape index (κ1) is 15.8. The van der Waals surface area contributed by atoms with Gasteiger partial charge in [0.05, 0.1) is 23.5 Å². The molecule has 1 aliphatic carbocycles. The highest BCUT2D eigenvalue weighted by Gasteiger charge is 2.34. The minimum atomic E-state index is -3.01. The van der Waals surface area contributed by atoms with Crippen LogP contribution < -0.4 is 0 Å². The van der Waals surface area contributed by atoms with Crippen LogP contribution in [-0.4, -0.2) is 32.0 Å². The minimum absolute atomic E-state index is 0.0266. The standard InChI is InChI=1S/C15H26O4S/c1-12(7-8-13-5-3-2-4-6-13)19-15(16)14-9-10-20(17,18)11-14/h12-14H,2-11H2,1H3/t12-,14-/m0/s1. The normalized spacial score (nSPS) is 28.1. The van der Waals surface area contributed by atoms with Gasteiger partial charge in [-0.1, -0.05) is 32.1 Å². The van der Waals surface area contributed by atoms with E-state index in [4.69, 9.17) is 4.74 Å². The molecule has 0 aromatic heterocycles. The van der Waals surface area contributed by atoms with Crippen molar-refractivity contribution in [2.75, 3.05) is 11.5 Å². The van der Waals surface area contributed by atoms with Crippen LogP contribution in [0.5, 0.6) is 0 Å². The first-order valence-electron chi connectivity index (χ1n) is 7.87. The van der Waals surface area contributed by atoms with Crippen molar-refractivity contribution in [3.8, 4) is 0 Å². The highest BCUT2D eigenvalue weighted by atomic mass is 32.2. The zero-order chi connectivity index (χ0) is 14.6. The van der Waals surface area contributed by atoms with E-state index in [1.165, 1.54) is 32.1 Å². The first-order chi connectivity index (χ1) is 9.46. The Kier molecular flexibility index (Phi) is 5.47. The summed E-state index contributed by atoms with van der Waals surface area (Å²) in [7, 11) is -3.01. The molecule has 0 radical (unpaired) electrons. The molecule has 0 bridgehead atoms. The molecular weight excluding hydrogens is 276 g/mol. The molecule has 5 heteroatoms. The smallest absolute Gasteiger partial charge is 0.310 e. The molecule has 0 amide bonds. The summed E-state index contributed by atoms with van der Waals surface area (Å²) >= 11 is 0. The second kappa shape index (κ2) is 6.92. The third-order valence-corrected chi connectivity index (χ3v) is 6.36. The molecular formula is C15H26O4S. The van der Waals surface area contributed by atoms with Crippen molar-refractivity contribution in [2.24, 2.45) is 11.8 Å². The SMILES string of the molecule is C[C@@H](CCC1CCCCC1)OC(=O)[C@H]1CCS(=O)(=O)C1. The van der Waals surface area contributed by atoms with Crippen LogP contribution in [-0.2, 0) is 19.4 Å². The van der Waals surface area contributed by atoms with Crippen molar-refractivity contribution in [1.29, 1.82) is 0 Å². The third kappa shape index (κ3) is 4.76. The Morgan fingerprint density at radius 1 is 1.20 bits per heavy atom. The minimum Gasteiger partial charge on any atom is -0.462 e. The van der Waals surface area contributed by atoms with Gasteiger partial charge < -0.3 is 4.74 Å². The molecule has 1 heterocycles. The second-order valence-electron chi connectivity index (χ2n) is 6.43. The molecule has 116 valence electrons. The van der Waals surface area contributed by atoms with Crippen molar-refractivity contribution in [2.45, 2.75) is 64.4 Å². The summed E-state index contributed by atoms with van der Waals surface area (Å²) in [6.45, 7) is 1.92. The molecule has 20 heavy (non-hydrogen) atoms. The summed E-state index contributed by atoms with van der Waals surface area (Å²) in [4.78, 5) is 11.9. The lowest BCUT2D eigenvalue weighted by Gasteiger charge is -2.23. The summed E-state index contributed by atoms with van der Waals surface area (Å²) in [5, 5.41) is 0. The Bertz CT molecular complexity index is 423. The van der Waals surface area contributed by atoms with Crippen molar-refractivity contribution >= 4 is 15.8 Å². The Morgan fingerprint density at radius 3 is 2.50 bits per heavy atom. The molecule has 1 saturated carbocycles. The van der Waals surface area contributed by atoms with Crippen LogP contribution >= 0.6 is 0 Å². The van der Waals surface area contributed by atoms with Crippen LogP contribution in [0.3, 0.4) is 0 Å². The van der Waals surface area contributed by atoms with E-state index in [1.807, 2.05) is 6.92 Å². The van der Waals surface area contributed by atoms with Crippen molar-refractivity contribution in [3.05, 3.63) is 0 Å². The number of hydrogen-bond donors (Lipinski definition) is 0. The summed E-state index contributed by atoms with van der Waals surface area (Å²) in [5.74, 6) is 0.140. The third-order valence-electron chi connectivity index (χ3n) is 4.59. The van der Waals surface area contributed by atoms with Crippen LogP contribution in [0.4, 0.5) is 0 Å². The summed E-state index contributed by atoms with van der Waals surface area (Å²) in [5.41, 5.74) is 0. The number of hydrogen-bond acceptors (Lipinski definition) is 4. The zero-order valence-electron chi connectivity index (χ0n) is 12.3. The fourth-order valence-electron chi connectivity index (χ4n) is 3.28. The van der Waals surface area contributed by atoms with Gasteiger partial charge in [-0.05, 0) is 32.1 Å². The Labute approximate surface area is 122 Å². The van der Waals surface area contributed by atoms with E-state index in [9.17, 15) is 13.2 Å².